The van der Waals surface area contributed by atoms with Gasteiger partial charge in [0, 0.05) is 29.2 Å². The Hall–Kier alpha value is -2.11. The summed E-state index contributed by atoms with van der Waals surface area (Å²) >= 11 is 6.09. The largest absolute Gasteiger partial charge is 0.495 e. The van der Waals surface area contributed by atoms with Gasteiger partial charge in [0.2, 0.25) is 0 Å². The van der Waals surface area contributed by atoms with Crippen LogP contribution in [0, 0.1) is 0 Å². The van der Waals surface area contributed by atoms with E-state index in [0.717, 1.165) is 6.42 Å². The number of rotatable bonds is 5. The molecule has 126 valence electrons. The molecule has 1 N–H and O–H groups in total. The van der Waals surface area contributed by atoms with Crippen molar-refractivity contribution in [3.8, 4) is 5.75 Å². The number of halogens is 1. The fourth-order valence-electron chi connectivity index (χ4n) is 3.04. The topological polar surface area (TPSA) is 62.7 Å². The molecule has 0 fully saturated rings. The van der Waals surface area contributed by atoms with Crippen LogP contribution in [0.5, 0.6) is 5.75 Å². The first-order valence-corrected chi connectivity index (χ1v) is 8.20. The smallest absolute Gasteiger partial charge is 0.264 e. The molecule has 1 aliphatic heterocycles. The number of ether oxygens (including phenoxy) is 1. The lowest BCUT2D eigenvalue weighted by atomic mass is 9.90. The maximum absolute atomic E-state index is 12.9. The molecule has 0 saturated carbocycles. The Balaban J connectivity index is 2.01. The summed E-state index contributed by atoms with van der Waals surface area (Å²) < 4.78 is 5.09. The van der Waals surface area contributed by atoms with Gasteiger partial charge in [0.1, 0.15) is 5.75 Å². The van der Waals surface area contributed by atoms with E-state index in [0.29, 0.717) is 34.3 Å². The van der Waals surface area contributed by atoms with Crippen molar-refractivity contribution in [2.75, 3.05) is 18.6 Å². The van der Waals surface area contributed by atoms with Crippen LogP contribution >= 0.6 is 11.6 Å². The summed E-state index contributed by atoms with van der Waals surface area (Å²) in [5.41, 5.74) is 0.195. The van der Waals surface area contributed by atoms with E-state index in [1.807, 2.05) is 6.92 Å². The molecule has 0 bridgehead atoms. The Morgan fingerprint density at radius 3 is 2.75 bits per heavy atom. The third kappa shape index (κ3) is 2.74. The summed E-state index contributed by atoms with van der Waals surface area (Å²) in [5.74, 6) is 0.291. The molecule has 6 heteroatoms. The number of aliphatic hydroxyl groups is 1. The molecule has 5 nitrogen and oxygen atoms in total. The average Bonchev–Trinajstić information content (AvgIpc) is 2.78. The predicted molar refractivity (Wildman–Crippen MR) is 92.5 cm³/mol. The van der Waals surface area contributed by atoms with Crippen molar-refractivity contribution >= 4 is 23.2 Å². The zero-order valence-corrected chi connectivity index (χ0v) is 14.4. The molecule has 2 heterocycles. The van der Waals surface area contributed by atoms with Crippen LogP contribution in [0.3, 0.4) is 0 Å². The van der Waals surface area contributed by atoms with Crippen LogP contribution < -0.4 is 9.64 Å². The Labute approximate surface area is 145 Å². The molecule has 1 amide bonds. The summed E-state index contributed by atoms with van der Waals surface area (Å²) in [6.45, 7) is 2.54. The number of aromatic nitrogens is 1. The number of nitrogens with zero attached hydrogens (tertiary/aromatic N) is 2. The molecule has 24 heavy (non-hydrogen) atoms. The molecule has 1 aromatic heterocycles. The Bertz CT molecular complexity index is 763. The second-order valence-corrected chi connectivity index (χ2v) is 6.28. The Morgan fingerprint density at radius 1 is 1.33 bits per heavy atom. The Morgan fingerprint density at radius 2 is 2.12 bits per heavy atom. The van der Waals surface area contributed by atoms with E-state index < -0.39 is 5.60 Å². The van der Waals surface area contributed by atoms with Crippen LogP contribution in [0.15, 0.2) is 36.5 Å². The number of hydrogen-bond donors (Lipinski definition) is 1. The molecule has 0 saturated heterocycles. The van der Waals surface area contributed by atoms with Gasteiger partial charge in [-0.15, -0.1) is 0 Å². The zero-order valence-electron chi connectivity index (χ0n) is 13.6. The van der Waals surface area contributed by atoms with Gasteiger partial charge in [-0.05, 0) is 36.8 Å². The second-order valence-electron chi connectivity index (χ2n) is 5.84. The van der Waals surface area contributed by atoms with Crippen molar-refractivity contribution in [3.05, 3.63) is 52.8 Å². The van der Waals surface area contributed by atoms with Crippen LogP contribution in [0.2, 0.25) is 5.02 Å². The quantitative estimate of drug-likeness (QED) is 0.904. The number of carbonyl (C=O) groups is 1. The first kappa shape index (κ1) is 16.7. The fourth-order valence-corrected chi connectivity index (χ4v) is 3.21. The van der Waals surface area contributed by atoms with E-state index in [4.69, 9.17) is 16.3 Å². The highest BCUT2D eigenvalue weighted by Crippen LogP contribution is 2.43. The Kier molecular flexibility index (Phi) is 4.47. The summed E-state index contributed by atoms with van der Waals surface area (Å²) in [7, 11) is 1.56. The first-order chi connectivity index (χ1) is 11.5. The second kappa shape index (κ2) is 6.42. The summed E-state index contributed by atoms with van der Waals surface area (Å²) in [6.07, 6.45) is 2.45. The maximum atomic E-state index is 12.9. The van der Waals surface area contributed by atoms with E-state index >= 15 is 0 Å². The van der Waals surface area contributed by atoms with Crippen molar-refractivity contribution < 1.29 is 14.6 Å². The average molecular weight is 347 g/mol. The van der Waals surface area contributed by atoms with E-state index in [1.54, 1.807) is 48.5 Å². The standard InChI is InChI=1S/C18H19ClN2O3/c1-3-8-21-16-7-4-12(19)9-15(16)18(23,17(21)22)10-13-5-6-14(24-2)11-20-13/h4-7,9,11,23H,3,8,10H2,1-2H3. The van der Waals surface area contributed by atoms with Gasteiger partial charge >= 0.3 is 0 Å². The fraction of sp³-hybridized carbons (Fsp3) is 0.333. The van der Waals surface area contributed by atoms with Gasteiger partial charge in [-0.25, -0.2) is 0 Å². The number of anilines is 1. The lowest BCUT2D eigenvalue weighted by Crippen LogP contribution is -2.42. The van der Waals surface area contributed by atoms with E-state index in [1.165, 1.54) is 0 Å². The molecule has 1 atom stereocenters. The van der Waals surface area contributed by atoms with Crippen LogP contribution in [-0.4, -0.2) is 29.7 Å². The molecule has 0 spiro atoms. The van der Waals surface area contributed by atoms with Gasteiger partial charge in [-0.2, -0.15) is 0 Å². The molecule has 1 unspecified atom stereocenters. The van der Waals surface area contributed by atoms with Crippen molar-refractivity contribution in [3.63, 3.8) is 0 Å². The van der Waals surface area contributed by atoms with Crippen molar-refractivity contribution in [1.82, 2.24) is 4.98 Å². The minimum Gasteiger partial charge on any atom is -0.495 e. The first-order valence-electron chi connectivity index (χ1n) is 7.83. The van der Waals surface area contributed by atoms with Gasteiger partial charge in [0.05, 0.1) is 19.0 Å². The highest BCUT2D eigenvalue weighted by molar-refractivity contribution is 6.31. The number of amides is 1. The van der Waals surface area contributed by atoms with Crippen molar-refractivity contribution in [2.45, 2.75) is 25.4 Å². The van der Waals surface area contributed by atoms with Crippen LogP contribution in [-0.2, 0) is 16.8 Å². The van der Waals surface area contributed by atoms with Crippen LogP contribution in [0.25, 0.3) is 0 Å². The molecule has 3 rings (SSSR count). The van der Waals surface area contributed by atoms with Gasteiger partial charge in [-0.3, -0.25) is 9.78 Å². The number of pyridine rings is 1. The zero-order chi connectivity index (χ0) is 17.3. The van der Waals surface area contributed by atoms with E-state index in [2.05, 4.69) is 4.98 Å². The minimum absolute atomic E-state index is 0.0867. The van der Waals surface area contributed by atoms with Gasteiger partial charge in [-0.1, -0.05) is 18.5 Å². The third-order valence-electron chi connectivity index (χ3n) is 4.21. The van der Waals surface area contributed by atoms with Crippen LogP contribution in [0.1, 0.15) is 24.6 Å². The van der Waals surface area contributed by atoms with Gasteiger partial charge < -0.3 is 14.7 Å². The van der Waals surface area contributed by atoms with Crippen LogP contribution in [0.4, 0.5) is 5.69 Å². The predicted octanol–water partition coefficient (Wildman–Crippen LogP) is 2.93. The monoisotopic (exact) mass is 346 g/mol. The lowest BCUT2D eigenvalue weighted by Gasteiger charge is -2.23. The molecule has 1 aliphatic rings. The molecule has 2 aromatic rings. The van der Waals surface area contributed by atoms with Crippen molar-refractivity contribution in [1.29, 1.82) is 0 Å². The van der Waals surface area contributed by atoms with Gasteiger partial charge in [0.15, 0.2) is 5.60 Å². The number of carbonyl (C=O) groups excluding carboxylic acids is 1. The third-order valence-corrected chi connectivity index (χ3v) is 4.45. The number of fused-ring (bicyclic) bond motifs is 1. The molecular weight excluding hydrogens is 328 g/mol. The molecule has 1 aromatic carbocycles. The maximum Gasteiger partial charge on any atom is 0.264 e. The summed E-state index contributed by atoms with van der Waals surface area (Å²) in [6, 6.07) is 8.68. The van der Waals surface area contributed by atoms with Gasteiger partial charge in [0.25, 0.3) is 5.91 Å². The molecule has 0 radical (unpaired) electrons. The normalized spacial score (nSPS) is 19.5. The summed E-state index contributed by atoms with van der Waals surface area (Å²) in [5, 5.41) is 11.7. The highest BCUT2D eigenvalue weighted by atomic mass is 35.5. The SMILES string of the molecule is CCCN1C(=O)C(O)(Cc2ccc(OC)cn2)c2cc(Cl)ccc21. The van der Waals surface area contributed by atoms with E-state index in [-0.39, 0.29) is 12.3 Å². The number of benzene rings is 1. The minimum atomic E-state index is -1.66. The van der Waals surface area contributed by atoms with Crippen molar-refractivity contribution in [2.24, 2.45) is 0 Å². The van der Waals surface area contributed by atoms with E-state index in [9.17, 15) is 9.90 Å². The number of hydrogen-bond acceptors (Lipinski definition) is 4. The summed E-state index contributed by atoms with van der Waals surface area (Å²) in [4.78, 5) is 18.8. The lowest BCUT2D eigenvalue weighted by molar-refractivity contribution is -0.136. The molecule has 0 aliphatic carbocycles. The highest BCUT2D eigenvalue weighted by Gasteiger charge is 2.49. The number of methoxy groups -OCH3 is 1. The molecular formula is C18H19ClN2O3.